The van der Waals surface area contributed by atoms with E-state index in [1.165, 1.54) is 42.4 Å². The molecule has 0 amide bonds. The molecule has 0 bridgehead atoms. The second-order valence-electron chi connectivity index (χ2n) is 5.13. The molecule has 1 saturated carbocycles. The minimum atomic E-state index is 0.147. The SMILES string of the molecule is Cc1cc(C)c(Cl)c(C2(CN)CCCC2)c1. The Morgan fingerprint density at radius 3 is 2.44 bits per heavy atom. The van der Waals surface area contributed by atoms with Gasteiger partial charge in [-0.3, -0.25) is 0 Å². The van der Waals surface area contributed by atoms with Crippen molar-refractivity contribution in [2.45, 2.75) is 44.9 Å². The van der Waals surface area contributed by atoms with E-state index in [1.807, 2.05) is 0 Å². The molecule has 0 saturated heterocycles. The van der Waals surface area contributed by atoms with Gasteiger partial charge in [0.2, 0.25) is 0 Å². The maximum absolute atomic E-state index is 6.46. The average Bonchev–Trinajstić information content (AvgIpc) is 2.73. The van der Waals surface area contributed by atoms with E-state index in [1.54, 1.807) is 0 Å². The van der Waals surface area contributed by atoms with Crippen LogP contribution in [0.3, 0.4) is 0 Å². The zero-order valence-electron chi connectivity index (χ0n) is 10.1. The van der Waals surface area contributed by atoms with Crippen LogP contribution in [0.2, 0.25) is 5.02 Å². The molecule has 1 aromatic carbocycles. The van der Waals surface area contributed by atoms with Gasteiger partial charge in [0.25, 0.3) is 0 Å². The molecule has 0 unspecified atom stereocenters. The fourth-order valence-corrected chi connectivity index (χ4v) is 3.28. The maximum atomic E-state index is 6.46. The molecule has 1 nitrogen and oxygen atoms in total. The lowest BCUT2D eigenvalue weighted by Gasteiger charge is -2.30. The van der Waals surface area contributed by atoms with Crippen LogP contribution in [0.4, 0.5) is 0 Å². The third kappa shape index (κ3) is 1.87. The first-order valence-corrected chi connectivity index (χ1v) is 6.44. The summed E-state index contributed by atoms with van der Waals surface area (Å²) < 4.78 is 0. The predicted molar refractivity (Wildman–Crippen MR) is 70.1 cm³/mol. The summed E-state index contributed by atoms with van der Waals surface area (Å²) in [5.74, 6) is 0. The molecule has 0 spiro atoms. The lowest BCUT2D eigenvalue weighted by Crippen LogP contribution is -2.32. The van der Waals surface area contributed by atoms with Gasteiger partial charge in [-0.1, -0.05) is 42.1 Å². The van der Waals surface area contributed by atoms with Crippen LogP contribution in [-0.2, 0) is 5.41 Å². The molecule has 2 N–H and O–H groups in total. The van der Waals surface area contributed by atoms with Crippen molar-refractivity contribution in [3.8, 4) is 0 Å². The van der Waals surface area contributed by atoms with E-state index in [0.29, 0.717) is 0 Å². The van der Waals surface area contributed by atoms with Gasteiger partial charge in [-0.2, -0.15) is 0 Å². The topological polar surface area (TPSA) is 26.0 Å². The highest BCUT2D eigenvalue weighted by Gasteiger charge is 2.36. The van der Waals surface area contributed by atoms with E-state index in [9.17, 15) is 0 Å². The van der Waals surface area contributed by atoms with Gasteiger partial charge in [0.1, 0.15) is 0 Å². The molecular formula is C14H20ClN. The number of aryl methyl sites for hydroxylation is 2. The minimum Gasteiger partial charge on any atom is -0.330 e. The van der Waals surface area contributed by atoms with Crippen molar-refractivity contribution in [1.29, 1.82) is 0 Å². The van der Waals surface area contributed by atoms with Crippen LogP contribution in [0, 0.1) is 13.8 Å². The summed E-state index contributed by atoms with van der Waals surface area (Å²) in [6, 6.07) is 4.37. The largest absolute Gasteiger partial charge is 0.330 e. The molecule has 0 radical (unpaired) electrons. The number of rotatable bonds is 2. The van der Waals surface area contributed by atoms with Crippen LogP contribution in [-0.4, -0.2) is 6.54 Å². The van der Waals surface area contributed by atoms with Crippen LogP contribution in [0.25, 0.3) is 0 Å². The molecule has 2 heteroatoms. The van der Waals surface area contributed by atoms with Gasteiger partial charge in [0.15, 0.2) is 0 Å². The monoisotopic (exact) mass is 237 g/mol. The highest BCUT2D eigenvalue weighted by molar-refractivity contribution is 6.32. The van der Waals surface area contributed by atoms with Crippen molar-refractivity contribution in [2.75, 3.05) is 6.54 Å². The first kappa shape index (κ1) is 11.9. The van der Waals surface area contributed by atoms with Crippen LogP contribution < -0.4 is 5.73 Å². The Morgan fingerprint density at radius 2 is 1.88 bits per heavy atom. The lowest BCUT2D eigenvalue weighted by atomic mass is 9.78. The quantitative estimate of drug-likeness (QED) is 0.834. The van der Waals surface area contributed by atoms with E-state index in [0.717, 1.165) is 11.6 Å². The average molecular weight is 238 g/mol. The zero-order chi connectivity index (χ0) is 11.8. The van der Waals surface area contributed by atoms with Gasteiger partial charge in [-0.25, -0.2) is 0 Å². The predicted octanol–water partition coefficient (Wildman–Crippen LogP) is 3.73. The summed E-state index contributed by atoms with van der Waals surface area (Å²) in [6.07, 6.45) is 4.93. The highest BCUT2D eigenvalue weighted by atomic mass is 35.5. The van der Waals surface area contributed by atoms with Crippen molar-refractivity contribution in [3.63, 3.8) is 0 Å². The number of halogens is 1. The van der Waals surface area contributed by atoms with E-state index in [-0.39, 0.29) is 5.41 Å². The second kappa shape index (κ2) is 4.38. The smallest absolute Gasteiger partial charge is 0.0473 e. The Balaban J connectivity index is 2.53. The highest BCUT2D eigenvalue weighted by Crippen LogP contribution is 2.44. The first-order valence-electron chi connectivity index (χ1n) is 6.06. The Bertz CT molecular complexity index is 392. The molecule has 1 aliphatic rings. The van der Waals surface area contributed by atoms with E-state index in [4.69, 9.17) is 17.3 Å². The molecule has 0 atom stereocenters. The number of hydrogen-bond donors (Lipinski definition) is 1. The molecule has 0 aliphatic heterocycles. The number of hydrogen-bond acceptors (Lipinski definition) is 1. The van der Waals surface area contributed by atoms with E-state index >= 15 is 0 Å². The van der Waals surface area contributed by atoms with E-state index in [2.05, 4.69) is 26.0 Å². The lowest BCUT2D eigenvalue weighted by molar-refractivity contribution is 0.452. The van der Waals surface area contributed by atoms with Crippen molar-refractivity contribution in [1.82, 2.24) is 0 Å². The Labute approximate surface area is 103 Å². The van der Waals surface area contributed by atoms with Gasteiger partial charge < -0.3 is 5.73 Å². The molecule has 0 heterocycles. The second-order valence-corrected chi connectivity index (χ2v) is 5.51. The molecule has 0 aromatic heterocycles. The van der Waals surface area contributed by atoms with Crippen molar-refractivity contribution in [3.05, 3.63) is 33.8 Å². The summed E-state index contributed by atoms with van der Waals surface area (Å²) in [4.78, 5) is 0. The summed E-state index contributed by atoms with van der Waals surface area (Å²) in [7, 11) is 0. The molecule has 1 aromatic rings. The Kier molecular flexibility index (Phi) is 3.27. The number of nitrogens with two attached hydrogens (primary N) is 1. The van der Waals surface area contributed by atoms with Crippen LogP contribution in [0.5, 0.6) is 0 Å². The Morgan fingerprint density at radius 1 is 1.25 bits per heavy atom. The van der Waals surface area contributed by atoms with E-state index < -0.39 is 0 Å². The fourth-order valence-electron chi connectivity index (χ4n) is 2.97. The number of benzene rings is 1. The normalized spacial score (nSPS) is 19.0. The summed E-state index contributed by atoms with van der Waals surface area (Å²) in [5, 5.41) is 0.929. The van der Waals surface area contributed by atoms with Gasteiger partial charge in [-0.05, 0) is 37.8 Å². The Hall–Kier alpha value is -0.530. The standard InChI is InChI=1S/C14H20ClN/c1-10-7-11(2)13(15)12(8-10)14(9-16)5-3-4-6-14/h7-8H,3-6,9,16H2,1-2H3. The summed E-state index contributed by atoms with van der Waals surface area (Å²) in [5.41, 5.74) is 9.91. The van der Waals surface area contributed by atoms with Crippen LogP contribution in [0.1, 0.15) is 42.4 Å². The van der Waals surface area contributed by atoms with Gasteiger partial charge in [0, 0.05) is 17.0 Å². The third-order valence-electron chi connectivity index (χ3n) is 3.92. The summed E-state index contributed by atoms with van der Waals surface area (Å²) >= 11 is 6.46. The molecular weight excluding hydrogens is 218 g/mol. The third-order valence-corrected chi connectivity index (χ3v) is 4.42. The molecule has 2 rings (SSSR count). The molecule has 88 valence electrons. The fraction of sp³-hybridized carbons (Fsp3) is 0.571. The van der Waals surface area contributed by atoms with Gasteiger partial charge >= 0.3 is 0 Å². The van der Waals surface area contributed by atoms with Crippen molar-refractivity contribution in [2.24, 2.45) is 5.73 Å². The van der Waals surface area contributed by atoms with Crippen LogP contribution in [0.15, 0.2) is 12.1 Å². The van der Waals surface area contributed by atoms with Gasteiger partial charge in [0.05, 0.1) is 0 Å². The minimum absolute atomic E-state index is 0.147. The zero-order valence-corrected chi connectivity index (χ0v) is 10.9. The summed E-state index contributed by atoms with van der Waals surface area (Å²) in [6.45, 7) is 4.93. The maximum Gasteiger partial charge on any atom is 0.0473 e. The van der Waals surface area contributed by atoms with Crippen LogP contribution >= 0.6 is 11.6 Å². The van der Waals surface area contributed by atoms with Crippen molar-refractivity contribution < 1.29 is 0 Å². The molecule has 1 aliphatic carbocycles. The van der Waals surface area contributed by atoms with Gasteiger partial charge in [-0.15, -0.1) is 0 Å². The van der Waals surface area contributed by atoms with Crippen molar-refractivity contribution >= 4 is 11.6 Å². The molecule has 1 fully saturated rings. The first-order chi connectivity index (χ1) is 7.59. The molecule has 16 heavy (non-hydrogen) atoms.